The highest BCUT2D eigenvalue weighted by Crippen LogP contribution is 2.37. The van der Waals surface area contributed by atoms with E-state index in [0.29, 0.717) is 38.5 Å². The molecule has 1 aromatic rings. The molecule has 0 unspecified atom stereocenters. The number of ketones is 1. The number of thioether (sulfide) groups is 1. The number of Topliss-reactive ketones (excluding diaryl/α,β-unsaturated/α-hetero) is 1. The average molecular weight is 493 g/mol. The van der Waals surface area contributed by atoms with Gasteiger partial charge in [-0.2, -0.15) is 5.26 Å². The Balaban J connectivity index is 2.14. The summed E-state index contributed by atoms with van der Waals surface area (Å²) in [6.07, 6.45) is 1.48. The Morgan fingerprint density at radius 2 is 2.13 bits per heavy atom. The Hall–Kier alpha value is -2.64. The number of carbonyl (C=O) groups excluding carboxylic acids is 2. The first-order valence-electron chi connectivity index (χ1n) is 9.19. The molecule has 1 aliphatic rings. The lowest BCUT2D eigenvalue weighted by Crippen LogP contribution is -2.28. The number of benzene rings is 1. The van der Waals surface area contributed by atoms with Crippen LogP contribution in [0.4, 0.5) is 11.4 Å². The van der Waals surface area contributed by atoms with Crippen LogP contribution >= 0.6 is 27.7 Å². The minimum absolute atomic E-state index is 0.0263. The smallest absolute Gasteiger partial charge is 0.270 e. The summed E-state index contributed by atoms with van der Waals surface area (Å²) in [5.74, 6) is -0.658. The van der Waals surface area contributed by atoms with Crippen LogP contribution < -0.4 is 10.6 Å². The van der Waals surface area contributed by atoms with Crippen LogP contribution in [-0.2, 0) is 9.59 Å². The fraction of sp³-hybridized carbons (Fsp3) is 0.350. The number of carbonyl (C=O) groups is 2. The first-order chi connectivity index (χ1) is 14.2. The highest BCUT2D eigenvalue weighted by Gasteiger charge is 2.31. The van der Waals surface area contributed by atoms with Gasteiger partial charge in [0.25, 0.3) is 5.69 Å². The summed E-state index contributed by atoms with van der Waals surface area (Å²) in [5, 5.41) is 26.9. The molecule has 158 valence electrons. The lowest BCUT2D eigenvalue weighted by Gasteiger charge is -2.28. The molecule has 1 aliphatic heterocycles. The molecule has 0 saturated carbocycles. The molecule has 1 aromatic carbocycles. The number of anilines is 1. The minimum atomic E-state index is -0.519. The Morgan fingerprint density at radius 1 is 1.43 bits per heavy atom. The number of dihydropyridines is 1. The van der Waals surface area contributed by atoms with Crippen LogP contribution in [0, 0.1) is 27.4 Å². The van der Waals surface area contributed by atoms with Crippen molar-refractivity contribution in [3.63, 3.8) is 0 Å². The van der Waals surface area contributed by atoms with Gasteiger partial charge in [-0.15, -0.1) is 0 Å². The van der Waals surface area contributed by atoms with Gasteiger partial charge in [0.2, 0.25) is 5.91 Å². The number of halogens is 1. The quantitative estimate of drug-likeness (QED) is 0.399. The number of nitro benzene ring substituents is 1. The van der Waals surface area contributed by atoms with E-state index in [1.54, 1.807) is 6.92 Å². The van der Waals surface area contributed by atoms with E-state index in [1.807, 2.05) is 6.92 Å². The first-order valence-corrected chi connectivity index (χ1v) is 11.0. The molecule has 0 aromatic heterocycles. The van der Waals surface area contributed by atoms with Crippen LogP contribution in [-0.4, -0.2) is 22.4 Å². The molecule has 0 spiro atoms. The SMILES string of the molecule is CCC[C@H]1C(C#N)=C(SCC(=O)Nc2ccc([N+](=O)[O-])cc2Br)NC(C)=C1C(C)=O. The minimum Gasteiger partial charge on any atom is -0.353 e. The predicted octanol–water partition coefficient (Wildman–Crippen LogP) is 4.65. The van der Waals surface area contributed by atoms with E-state index >= 15 is 0 Å². The first kappa shape index (κ1) is 23.6. The van der Waals surface area contributed by atoms with E-state index in [1.165, 1.54) is 36.9 Å². The number of rotatable bonds is 8. The zero-order chi connectivity index (χ0) is 22.4. The maximum absolute atomic E-state index is 12.4. The molecule has 8 nitrogen and oxygen atoms in total. The van der Waals surface area contributed by atoms with Crippen molar-refractivity contribution in [1.29, 1.82) is 5.26 Å². The monoisotopic (exact) mass is 492 g/mol. The van der Waals surface area contributed by atoms with Crippen molar-refractivity contribution < 1.29 is 14.5 Å². The molecule has 0 saturated heterocycles. The normalized spacial score (nSPS) is 16.0. The molecule has 0 radical (unpaired) electrons. The number of hydrogen-bond acceptors (Lipinski definition) is 7. The number of non-ortho nitro benzene ring substituents is 1. The predicted molar refractivity (Wildman–Crippen MR) is 119 cm³/mol. The maximum atomic E-state index is 12.4. The summed E-state index contributed by atoms with van der Waals surface area (Å²) in [4.78, 5) is 34.8. The largest absolute Gasteiger partial charge is 0.353 e. The van der Waals surface area contributed by atoms with Gasteiger partial charge in [-0.1, -0.05) is 25.1 Å². The topological polar surface area (TPSA) is 125 Å². The van der Waals surface area contributed by atoms with Crippen LogP contribution in [0.25, 0.3) is 0 Å². The molecule has 1 amide bonds. The zero-order valence-corrected chi connectivity index (χ0v) is 19.1. The molecular formula is C20H21BrN4O4S. The van der Waals surface area contributed by atoms with Crippen LogP contribution in [0.1, 0.15) is 33.6 Å². The van der Waals surface area contributed by atoms with Crippen LogP contribution in [0.3, 0.4) is 0 Å². The fourth-order valence-corrected chi connectivity index (χ4v) is 4.62. The van der Waals surface area contributed by atoms with Gasteiger partial charge >= 0.3 is 0 Å². The summed E-state index contributed by atoms with van der Waals surface area (Å²) in [7, 11) is 0. The number of nitrogens with zero attached hydrogens (tertiary/aromatic N) is 2. The second-order valence-corrected chi connectivity index (χ2v) is 8.51. The standard InChI is InChI=1S/C20H21BrN4O4S/c1-4-5-14-15(9-22)20(23-11(2)19(14)12(3)26)30-10-18(27)24-17-7-6-13(25(28)29)8-16(17)21/h6-8,14,23H,4-5,10H2,1-3H3,(H,24,27)/t14-/m0/s1. The number of nitrogens with one attached hydrogen (secondary N) is 2. The van der Waals surface area contributed by atoms with Crippen molar-refractivity contribution in [1.82, 2.24) is 5.32 Å². The lowest BCUT2D eigenvalue weighted by molar-refractivity contribution is -0.384. The van der Waals surface area contributed by atoms with Gasteiger partial charge < -0.3 is 10.6 Å². The second kappa shape index (κ2) is 10.4. The summed E-state index contributed by atoms with van der Waals surface area (Å²) in [5.41, 5.74) is 2.09. The molecule has 0 aliphatic carbocycles. The van der Waals surface area contributed by atoms with E-state index in [2.05, 4.69) is 32.6 Å². The molecular weight excluding hydrogens is 472 g/mol. The van der Waals surface area contributed by atoms with Crippen LogP contribution in [0.2, 0.25) is 0 Å². The van der Waals surface area contributed by atoms with E-state index in [0.717, 1.165) is 6.42 Å². The summed E-state index contributed by atoms with van der Waals surface area (Å²) < 4.78 is 0.399. The number of allylic oxidation sites excluding steroid dienone is 3. The van der Waals surface area contributed by atoms with Crippen LogP contribution in [0.15, 0.2) is 44.5 Å². The Morgan fingerprint density at radius 3 is 2.67 bits per heavy atom. The van der Waals surface area contributed by atoms with Gasteiger partial charge in [-0.3, -0.25) is 19.7 Å². The van der Waals surface area contributed by atoms with Gasteiger partial charge in [-0.05, 0) is 42.3 Å². The molecule has 2 N–H and O–H groups in total. The molecule has 30 heavy (non-hydrogen) atoms. The highest BCUT2D eigenvalue weighted by molar-refractivity contribution is 9.10. The van der Waals surface area contributed by atoms with Crippen molar-refractivity contribution in [3.05, 3.63) is 54.7 Å². The van der Waals surface area contributed by atoms with Gasteiger partial charge in [-0.25, -0.2) is 0 Å². The maximum Gasteiger partial charge on any atom is 0.270 e. The average Bonchev–Trinajstić information content (AvgIpc) is 2.67. The van der Waals surface area contributed by atoms with Gasteiger partial charge in [0.05, 0.1) is 33.0 Å². The molecule has 1 atom stereocenters. The zero-order valence-electron chi connectivity index (χ0n) is 16.7. The highest BCUT2D eigenvalue weighted by atomic mass is 79.9. The second-order valence-electron chi connectivity index (χ2n) is 6.67. The fourth-order valence-electron chi connectivity index (χ4n) is 3.24. The van der Waals surface area contributed by atoms with E-state index in [-0.39, 0.29) is 29.0 Å². The number of nitro groups is 1. The Kier molecular flexibility index (Phi) is 8.20. The van der Waals surface area contributed by atoms with Gasteiger partial charge in [0.1, 0.15) is 0 Å². The third-order valence-electron chi connectivity index (χ3n) is 4.51. The summed E-state index contributed by atoms with van der Waals surface area (Å²) in [6, 6.07) is 6.27. The molecule has 1 heterocycles. The van der Waals surface area contributed by atoms with Crippen molar-refractivity contribution in [2.75, 3.05) is 11.1 Å². The Labute approximate surface area is 187 Å². The molecule has 0 fully saturated rings. The van der Waals surface area contributed by atoms with E-state index in [4.69, 9.17) is 0 Å². The van der Waals surface area contributed by atoms with Crippen molar-refractivity contribution in [3.8, 4) is 6.07 Å². The third-order valence-corrected chi connectivity index (χ3v) is 6.18. The molecule has 0 bridgehead atoms. The van der Waals surface area contributed by atoms with E-state index < -0.39 is 4.92 Å². The number of amides is 1. The van der Waals surface area contributed by atoms with Gasteiger partial charge in [0.15, 0.2) is 5.78 Å². The van der Waals surface area contributed by atoms with Crippen molar-refractivity contribution in [2.45, 2.75) is 33.6 Å². The Bertz CT molecular complexity index is 997. The lowest BCUT2D eigenvalue weighted by atomic mass is 9.83. The van der Waals surface area contributed by atoms with Gasteiger partial charge in [0, 0.05) is 33.8 Å². The summed E-state index contributed by atoms with van der Waals surface area (Å²) in [6.45, 7) is 5.28. The van der Waals surface area contributed by atoms with E-state index in [9.17, 15) is 25.0 Å². The van der Waals surface area contributed by atoms with Crippen LogP contribution in [0.5, 0.6) is 0 Å². The number of nitriles is 1. The number of hydrogen-bond donors (Lipinski definition) is 2. The summed E-state index contributed by atoms with van der Waals surface area (Å²) >= 11 is 4.40. The third kappa shape index (κ3) is 5.49. The molecule has 2 rings (SSSR count). The van der Waals surface area contributed by atoms with Crippen molar-refractivity contribution >= 4 is 50.8 Å². The van der Waals surface area contributed by atoms with Crippen molar-refractivity contribution in [2.24, 2.45) is 5.92 Å². The molecule has 10 heteroatoms.